The van der Waals surface area contributed by atoms with E-state index in [1.165, 1.54) is 5.56 Å². The lowest BCUT2D eigenvalue weighted by molar-refractivity contribution is 0.138. The van der Waals surface area contributed by atoms with Gasteiger partial charge in [0.2, 0.25) is 0 Å². The molecule has 1 aliphatic heterocycles. The first kappa shape index (κ1) is 11.5. The van der Waals surface area contributed by atoms with Gasteiger partial charge in [-0.25, -0.2) is 0 Å². The molecule has 0 amide bonds. The smallest absolute Gasteiger partial charge is 0.123 e. The molecule has 1 N–H and O–H groups in total. The second-order valence-corrected chi connectivity index (χ2v) is 5.21. The van der Waals surface area contributed by atoms with Gasteiger partial charge in [0.05, 0.1) is 6.10 Å². The highest BCUT2D eigenvalue weighted by Crippen LogP contribution is 2.36. The standard InChI is InChI=1S/C14H20O2/c1-4-5-12(15)10-6-7-13-11(8-10)9-14(2,3)16-13/h6-8,12,15H,4-5,9H2,1-3H3. The monoisotopic (exact) mass is 220 g/mol. The van der Waals surface area contributed by atoms with Crippen molar-refractivity contribution in [1.82, 2.24) is 0 Å². The molecule has 2 rings (SSSR count). The molecule has 0 saturated carbocycles. The van der Waals surface area contributed by atoms with E-state index < -0.39 is 0 Å². The number of ether oxygens (including phenoxy) is 1. The molecule has 1 aromatic rings. The number of hydrogen-bond acceptors (Lipinski definition) is 2. The Morgan fingerprint density at radius 3 is 2.88 bits per heavy atom. The molecule has 2 heteroatoms. The van der Waals surface area contributed by atoms with E-state index in [2.05, 4.69) is 26.8 Å². The van der Waals surface area contributed by atoms with E-state index >= 15 is 0 Å². The lowest BCUT2D eigenvalue weighted by atomic mass is 9.97. The van der Waals surface area contributed by atoms with Gasteiger partial charge < -0.3 is 9.84 Å². The molecule has 2 nitrogen and oxygen atoms in total. The Morgan fingerprint density at radius 1 is 1.44 bits per heavy atom. The van der Waals surface area contributed by atoms with Crippen molar-refractivity contribution in [3.63, 3.8) is 0 Å². The van der Waals surface area contributed by atoms with Crippen LogP contribution in [0, 0.1) is 0 Å². The summed E-state index contributed by atoms with van der Waals surface area (Å²) in [6.07, 6.45) is 2.41. The van der Waals surface area contributed by atoms with Crippen LogP contribution in [0.4, 0.5) is 0 Å². The van der Waals surface area contributed by atoms with Crippen LogP contribution >= 0.6 is 0 Å². The summed E-state index contributed by atoms with van der Waals surface area (Å²) in [5, 5.41) is 9.94. The van der Waals surface area contributed by atoms with Crippen molar-refractivity contribution in [2.45, 2.75) is 51.7 Å². The molecule has 0 aromatic heterocycles. The molecule has 1 atom stereocenters. The number of fused-ring (bicyclic) bond motifs is 1. The van der Waals surface area contributed by atoms with Gasteiger partial charge in [-0.3, -0.25) is 0 Å². The zero-order valence-corrected chi connectivity index (χ0v) is 10.3. The van der Waals surface area contributed by atoms with E-state index in [9.17, 15) is 5.11 Å². The fourth-order valence-corrected chi connectivity index (χ4v) is 2.28. The fraction of sp³-hybridized carbons (Fsp3) is 0.571. The summed E-state index contributed by atoms with van der Waals surface area (Å²) < 4.78 is 5.81. The molecule has 0 spiro atoms. The highest BCUT2D eigenvalue weighted by atomic mass is 16.5. The Morgan fingerprint density at radius 2 is 2.19 bits per heavy atom. The van der Waals surface area contributed by atoms with Gasteiger partial charge in [-0.2, -0.15) is 0 Å². The molecule has 1 aliphatic rings. The van der Waals surface area contributed by atoms with Gasteiger partial charge in [-0.05, 0) is 43.5 Å². The summed E-state index contributed by atoms with van der Waals surface area (Å²) in [5.41, 5.74) is 2.14. The first-order chi connectivity index (χ1) is 7.52. The summed E-state index contributed by atoms with van der Waals surface area (Å²) >= 11 is 0. The van der Waals surface area contributed by atoms with Gasteiger partial charge in [0, 0.05) is 6.42 Å². The largest absolute Gasteiger partial charge is 0.487 e. The number of hydrogen-bond donors (Lipinski definition) is 1. The molecule has 0 fully saturated rings. The van der Waals surface area contributed by atoms with E-state index in [-0.39, 0.29) is 11.7 Å². The Kier molecular flexibility index (Phi) is 2.94. The van der Waals surface area contributed by atoms with Crippen molar-refractivity contribution in [3.05, 3.63) is 29.3 Å². The maximum atomic E-state index is 9.94. The lowest BCUT2D eigenvalue weighted by Gasteiger charge is -2.16. The van der Waals surface area contributed by atoms with E-state index in [1.54, 1.807) is 0 Å². The number of rotatable bonds is 3. The van der Waals surface area contributed by atoms with Crippen molar-refractivity contribution >= 4 is 0 Å². The van der Waals surface area contributed by atoms with E-state index in [4.69, 9.17) is 4.74 Å². The molecule has 88 valence electrons. The van der Waals surface area contributed by atoms with Gasteiger partial charge in [-0.15, -0.1) is 0 Å². The number of benzene rings is 1. The molecular formula is C14H20O2. The molecule has 1 unspecified atom stereocenters. The zero-order chi connectivity index (χ0) is 11.8. The van der Waals surface area contributed by atoms with Crippen molar-refractivity contribution in [2.75, 3.05) is 0 Å². The third kappa shape index (κ3) is 2.22. The Hall–Kier alpha value is -1.02. The summed E-state index contributed by atoms with van der Waals surface area (Å²) in [7, 11) is 0. The van der Waals surface area contributed by atoms with Gasteiger partial charge in [0.15, 0.2) is 0 Å². The average molecular weight is 220 g/mol. The first-order valence-electron chi connectivity index (χ1n) is 6.02. The SMILES string of the molecule is CCCC(O)c1ccc2c(c1)CC(C)(C)O2. The maximum absolute atomic E-state index is 9.94. The molecule has 1 aromatic carbocycles. The van der Waals surface area contributed by atoms with Crippen LogP contribution in [-0.2, 0) is 6.42 Å². The van der Waals surface area contributed by atoms with E-state index in [0.717, 1.165) is 30.6 Å². The topological polar surface area (TPSA) is 29.5 Å². The third-order valence-corrected chi connectivity index (χ3v) is 3.03. The summed E-state index contributed by atoms with van der Waals surface area (Å²) in [6.45, 7) is 6.27. The fourth-order valence-electron chi connectivity index (χ4n) is 2.28. The van der Waals surface area contributed by atoms with Crippen LogP contribution < -0.4 is 4.74 Å². The zero-order valence-electron chi connectivity index (χ0n) is 10.3. The second kappa shape index (κ2) is 4.10. The van der Waals surface area contributed by atoms with Crippen LogP contribution in [0.15, 0.2) is 18.2 Å². The highest BCUT2D eigenvalue weighted by molar-refractivity contribution is 5.42. The van der Waals surface area contributed by atoms with E-state index in [1.807, 2.05) is 12.1 Å². The van der Waals surface area contributed by atoms with E-state index in [0.29, 0.717) is 0 Å². The third-order valence-electron chi connectivity index (χ3n) is 3.03. The van der Waals surface area contributed by atoms with Crippen LogP contribution in [-0.4, -0.2) is 10.7 Å². The predicted molar refractivity (Wildman–Crippen MR) is 64.7 cm³/mol. The maximum Gasteiger partial charge on any atom is 0.123 e. The second-order valence-electron chi connectivity index (χ2n) is 5.21. The average Bonchev–Trinajstić information content (AvgIpc) is 2.50. The molecule has 0 bridgehead atoms. The van der Waals surface area contributed by atoms with Crippen LogP contribution in [0.1, 0.15) is 50.8 Å². The van der Waals surface area contributed by atoms with Crippen molar-refractivity contribution < 1.29 is 9.84 Å². The highest BCUT2D eigenvalue weighted by Gasteiger charge is 2.30. The minimum absolute atomic E-state index is 0.101. The van der Waals surface area contributed by atoms with Crippen molar-refractivity contribution in [1.29, 1.82) is 0 Å². The molecule has 1 heterocycles. The first-order valence-corrected chi connectivity index (χ1v) is 6.02. The summed E-state index contributed by atoms with van der Waals surface area (Å²) in [4.78, 5) is 0. The minimum Gasteiger partial charge on any atom is -0.487 e. The molecule has 16 heavy (non-hydrogen) atoms. The summed E-state index contributed by atoms with van der Waals surface area (Å²) in [6, 6.07) is 6.04. The number of aliphatic hydroxyl groups is 1. The van der Waals surface area contributed by atoms with Crippen LogP contribution in [0.5, 0.6) is 5.75 Å². The summed E-state index contributed by atoms with van der Waals surface area (Å²) in [5.74, 6) is 0.970. The van der Waals surface area contributed by atoms with Crippen LogP contribution in [0.3, 0.4) is 0 Å². The predicted octanol–water partition coefficient (Wildman–Crippen LogP) is 3.23. The minimum atomic E-state index is -0.334. The van der Waals surface area contributed by atoms with Gasteiger partial charge >= 0.3 is 0 Å². The van der Waals surface area contributed by atoms with Gasteiger partial charge in [0.1, 0.15) is 11.4 Å². The van der Waals surface area contributed by atoms with Crippen molar-refractivity contribution in [3.8, 4) is 5.75 Å². The number of aliphatic hydroxyl groups excluding tert-OH is 1. The van der Waals surface area contributed by atoms with Crippen LogP contribution in [0.25, 0.3) is 0 Å². The quantitative estimate of drug-likeness (QED) is 0.847. The van der Waals surface area contributed by atoms with Crippen LogP contribution in [0.2, 0.25) is 0 Å². The Balaban J connectivity index is 2.22. The van der Waals surface area contributed by atoms with Crippen molar-refractivity contribution in [2.24, 2.45) is 0 Å². The normalized spacial score (nSPS) is 19.0. The Bertz CT molecular complexity index is 382. The van der Waals surface area contributed by atoms with Gasteiger partial charge in [0.25, 0.3) is 0 Å². The molecular weight excluding hydrogens is 200 g/mol. The van der Waals surface area contributed by atoms with Gasteiger partial charge in [-0.1, -0.05) is 19.4 Å². The lowest BCUT2D eigenvalue weighted by Crippen LogP contribution is -2.24. The molecule has 0 radical (unpaired) electrons. The molecule has 0 saturated heterocycles. The Labute approximate surface area is 97.3 Å². The molecule has 0 aliphatic carbocycles.